The number of hydrogen-bond donors (Lipinski definition) is 2. The number of unbranched alkanes of at least 4 members (excludes halogenated alkanes) is 3. The van der Waals surface area contributed by atoms with E-state index in [4.69, 9.17) is 5.11 Å². The Bertz CT molecular complexity index is 581. The smallest absolute Gasteiger partial charge is 0.335 e. The van der Waals surface area contributed by atoms with Crippen LogP contribution in [-0.4, -0.2) is 26.0 Å². The molecule has 0 fully saturated rings. The molecule has 1 aromatic rings. The lowest BCUT2D eigenvalue weighted by Crippen LogP contribution is -2.26. The second-order valence-electron chi connectivity index (χ2n) is 4.94. The quantitative estimate of drug-likeness (QED) is 0.687. The van der Waals surface area contributed by atoms with Gasteiger partial charge >= 0.3 is 5.97 Å². The van der Waals surface area contributed by atoms with E-state index < -0.39 is 16.0 Å². The van der Waals surface area contributed by atoms with E-state index in [1.807, 2.05) is 6.92 Å². The lowest BCUT2D eigenvalue weighted by molar-refractivity contribution is 0.0696. The lowest BCUT2D eigenvalue weighted by atomic mass is 10.1. The van der Waals surface area contributed by atoms with Crippen LogP contribution in [0.15, 0.2) is 23.1 Å². The molecule has 0 heterocycles. The minimum Gasteiger partial charge on any atom is -0.478 e. The summed E-state index contributed by atoms with van der Waals surface area (Å²) < 4.78 is 27.2. The molecule has 118 valence electrons. The molecule has 0 bridgehead atoms. The van der Waals surface area contributed by atoms with E-state index >= 15 is 0 Å². The van der Waals surface area contributed by atoms with Crippen molar-refractivity contribution >= 4 is 16.0 Å². The second kappa shape index (κ2) is 8.14. The van der Waals surface area contributed by atoms with Crippen molar-refractivity contribution in [1.82, 2.24) is 4.72 Å². The van der Waals surface area contributed by atoms with E-state index in [1.165, 1.54) is 12.1 Å². The first-order chi connectivity index (χ1) is 9.92. The van der Waals surface area contributed by atoms with Crippen molar-refractivity contribution in [1.29, 1.82) is 0 Å². The first-order valence-electron chi connectivity index (χ1n) is 7.28. The fourth-order valence-electron chi connectivity index (χ4n) is 2.07. The van der Waals surface area contributed by atoms with Crippen molar-refractivity contribution in [2.45, 2.75) is 50.8 Å². The first kappa shape index (κ1) is 17.7. The van der Waals surface area contributed by atoms with Gasteiger partial charge in [-0.3, -0.25) is 0 Å². The predicted octanol–water partition coefficient (Wildman–Crippen LogP) is 2.81. The van der Waals surface area contributed by atoms with Crippen LogP contribution in [0.1, 0.15) is 55.5 Å². The number of carboxylic acid groups (broad SMARTS) is 1. The third-order valence-corrected chi connectivity index (χ3v) is 4.85. The molecule has 1 aromatic carbocycles. The van der Waals surface area contributed by atoms with Crippen LogP contribution in [0.5, 0.6) is 0 Å². The van der Waals surface area contributed by atoms with Gasteiger partial charge in [-0.15, -0.1) is 0 Å². The van der Waals surface area contributed by atoms with Crippen molar-refractivity contribution in [2.75, 3.05) is 6.54 Å². The van der Waals surface area contributed by atoms with Gasteiger partial charge in [0.15, 0.2) is 0 Å². The molecule has 1 rings (SSSR count). The van der Waals surface area contributed by atoms with E-state index in [-0.39, 0.29) is 10.5 Å². The van der Waals surface area contributed by atoms with Gasteiger partial charge in [-0.2, -0.15) is 0 Å². The molecule has 0 radical (unpaired) electrons. The molecule has 0 amide bonds. The summed E-state index contributed by atoms with van der Waals surface area (Å²) in [6, 6.07) is 4.23. The Morgan fingerprint density at radius 2 is 1.90 bits per heavy atom. The van der Waals surface area contributed by atoms with Crippen LogP contribution in [0.2, 0.25) is 0 Å². The summed E-state index contributed by atoms with van der Waals surface area (Å²) in [5, 5.41) is 9.00. The van der Waals surface area contributed by atoms with Crippen LogP contribution in [0.4, 0.5) is 0 Å². The third-order valence-electron chi connectivity index (χ3n) is 3.31. The molecule has 0 saturated heterocycles. The zero-order chi connectivity index (χ0) is 15.9. The topological polar surface area (TPSA) is 83.5 Å². The largest absolute Gasteiger partial charge is 0.478 e. The maximum absolute atomic E-state index is 12.3. The van der Waals surface area contributed by atoms with Gasteiger partial charge in [0, 0.05) is 6.54 Å². The molecule has 21 heavy (non-hydrogen) atoms. The highest BCUT2D eigenvalue weighted by atomic mass is 32.2. The molecule has 0 aliphatic carbocycles. The van der Waals surface area contributed by atoms with Gasteiger partial charge in [-0.25, -0.2) is 17.9 Å². The Morgan fingerprint density at radius 3 is 2.48 bits per heavy atom. The number of carboxylic acids is 1. The molecule has 2 N–H and O–H groups in total. The highest BCUT2D eigenvalue weighted by molar-refractivity contribution is 7.89. The first-order valence-corrected chi connectivity index (χ1v) is 8.76. The Balaban J connectivity index is 2.90. The number of hydrogen-bond acceptors (Lipinski definition) is 3. The number of rotatable bonds is 9. The summed E-state index contributed by atoms with van der Waals surface area (Å²) in [6.07, 6.45) is 4.47. The maximum Gasteiger partial charge on any atom is 0.335 e. The van der Waals surface area contributed by atoms with Gasteiger partial charge in [0.25, 0.3) is 0 Å². The normalized spacial score (nSPS) is 11.5. The van der Waals surface area contributed by atoms with E-state index in [0.29, 0.717) is 18.5 Å². The van der Waals surface area contributed by atoms with Crippen LogP contribution in [-0.2, 0) is 16.4 Å². The fraction of sp³-hybridized carbons (Fsp3) is 0.533. The summed E-state index contributed by atoms with van der Waals surface area (Å²) in [6.45, 7) is 4.31. The van der Waals surface area contributed by atoms with Gasteiger partial charge in [-0.1, -0.05) is 39.2 Å². The number of nitrogens with one attached hydrogen (secondary N) is 1. The molecule has 0 spiro atoms. The number of sulfonamides is 1. The van der Waals surface area contributed by atoms with E-state index in [0.717, 1.165) is 25.7 Å². The Kier molecular flexibility index (Phi) is 6.84. The highest BCUT2D eigenvalue weighted by Gasteiger charge is 2.19. The van der Waals surface area contributed by atoms with Gasteiger partial charge in [0.1, 0.15) is 0 Å². The predicted molar refractivity (Wildman–Crippen MR) is 82.1 cm³/mol. The van der Waals surface area contributed by atoms with Gasteiger partial charge in [0.2, 0.25) is 10.0 Å². The average molecular weight is 313 g/mol. The van der Waals surface area contributed by atoms with Crippen molar-refractivity contribution in [3.63, 3.8) is 0 Å². The average Bonchev–Trinajstić information content (AvgIpc) is 2.46. The Morgan fingerprint density at radius 1 is 1.19 bits per heavy atom. The molecule has 0 saturated carbocycles. The summed E-state index contributed by atoms with van der Waals surface area (Å²) in [4.78, 5) is 11.1. The maximum atomic E-state index is 12.3. The number of aryl methyl sites for hydroxylation is 1. The molecule has 6 heteroatoms. The van der Waals surface area contributed by atoms with E-state index in [9.17, 15) is 13.2 Å². The van der Waals surface area contributed by atoms with Crippen LogP contribution in [0.3, 0.4) is 0 Å². The molecular weight excluding hydrogens is 290 g/mol. The molecular formula is C15H23NO4S. The zero-order valence-corrected chi connectivity index (χ0v) is 13.4. The van der Waals surface area contributed by atoms with Crippen LogP contribution < -0.4 is 4.72 Å². The minimum absolute atomic E-state index is 0.0152. The SMILES string of the molecule is CCCCCCNS(=O)(=O)c1cc(C(=O)O)ccc1CC. The summed E-state index contributed by atoms with van der Waals surface area (Å²) in [5.74, 6) is -1.13. The third kappa shape index (κ3) is 5.13. The lowest BCUT2D eigenvalue weighted by Gasteiger charge is -2.11. The number of benzene rings is 1. The van der Waals surface area contributed by atoms with Crippen LogP contribution >= 0.6 is 0 Å². The summed E-state index contributed by atoms with van der Waals surface area (Å²) in [7, 11) is -3.66. The number of aromatic carboxylic acids is 1. The molecule has 0 aliphatic rings. The zero-order valence-electron chi connectivity index (χ0n) is 12.6. The van der Waals surface area contributed by atoms with E-state index in [2.05, 4.69) is 11.6 Å². The molecule has 0 unspecified atom stereocenters. The monoisotopic (exact) mass is 313 g/mol. The Hall–Kier alpha value is -1.40. The Labute approximate surface area is 126 Å². The second-order valence-corrected chi connectivity index (χ2v) is 6.68. The highest BCUT2D eigenvalue weighted by Crippen LogP contribution is 2.18. The van der Waals surface area contributed by atoms with Crippen molar-refractivity contribution in [3.05, 3.63) is 29.3 Å². The molecule has 5 nitrogen and oxygen atoms in total. The van der Waals surface area contributed by atoms with Gasteiger partial charge in [-0.05, 0) is 30.5 Å². The summed E-state index contributed by atoms with van der Waals surface area (Å²) in [5.41, 5.74) is 0.611. The fourth-order valence-corrected chi connectivity index (χ4v) is 3.47. The summed E-state index contributed by atoms with van der Waals surface area (Å²) >= 11 is 0. The van der Waals surface area contributed by atoms with Gasteiger partial charge < -0.3 is 5.11 Å². The van der Waals surface area contributed by atoms with Crippen LogP contribution in [0.25, 0.3) is 0 Å². The van der Waals surface area contributed by atoms with E-state index in [1.54, 1.807) is 6.07 Å². The van der Waals surface area contributed by atoms with Crippen LogP contribution in [0, 0.1) is 0 Å². The van der Waals surface area contributed by atoms with Crippen molar-refractivity contribution in [2.24, 2.45) is 0 Å². The standard InChI is InChI=1S/C15H23NO4S/c1-3-5-6-7-10-16-21(19,20)14-11-13(15(17)18)9-8-12(14)4-2/h8-9,11,16H,3-7,10H2,1-2H3,(H,17,18). The molecule has 0 atom stereocenters. The van der Waals surface area contributed by atoms with Gasteiger partial charge in [0.05, 0.1) is 10.5 Å². The van der Waals surface area contributed by atoms with Crippen molar-refractivity contribution < 1.29 is 18.3 Å². The minimum atomic E-state index is -3.66. The molecule has 0 aromatic heterocycles. The molecule has 0 aliphatic heterocycles. The number of carbonyl (C=O) groups is 1. The van der Waals surface area contributed by atoms with Crippen molar-refractivity contribution in [3.8, 4) is 0 Å².